The molecule has 28 heavy (non-hydrogen) atoms. The van der Waals surface area contributed by atoms with Gasteiger partial charge in [-0.1, -0.05) is 0 Å². The first-order chi connectivity index (χ1) is 13.3. The van der Waals surface area contributed by atoms with Crippen LogP contribution in [0.3, 0.4) is 0 Å². The molecule has 0 bridgehead atoms. The quantitative estimate of drug-likeness (QED) is 0.852. The Morgan fingerprint density at radius 2 is 1.71 bits per heavy atom. The fraction of sp³-hybridized carbons (Fsp3) is 0.667. The van der Waals surface area contributed by atoms with Crippen molar-refractivity contribution in [1.82, 2.24) is 9.80 Å². The van der Waals surface area contributed by atoms with Crippen LogP contribution in [0.5, 0.6) is 5.75 Å². The van der Waals surface area contributed by atoms with Crippen LogP contribution in [-0.4, -0.2) is 85.1 Å². The summed E-state index contributed by atoms with van der Waals surface area (Å²) in [5.41, 5.74) is 0.678. The highest BCUT2D eigenvalue weighted by Gasteiger charge is 2.36. The molecule has 2 fully saturated rings. The van der Waals surface area contributed by atoms with Gasteiger partial charge in [0, 0.05) is 44.5 Å². The number of nitrogens with zero attached hydrogens (tertiary/aromatic N) is 3. The zero-order valence-electron chi connectivity index (χ0n) is 17.4. The van der Waals surface area contributed by atoms with Crippen molar-refractivity contribution in [3.8, 4) is 5.75 Å². The average molecular weight is 392 g/mol. The van der Waals surface area contributed by atoms with Gasteiger partial charge in [-0.15, -0.1) is 0 Å². The van der Waals surface area contributed by atoms with E-state index in [4.69, 9.17) is 9.47 Å². The Bertz CT molecular complexity index is 651. The highest BCUT2D eigenvalue weighted by atomic mass is 16.6. The largest absolute Gasteiger partial charge is 0.497 e. The van der Waals surface area contributed by atoms with Gasteiger partial charge in [0.2, 0.25) is 0 Å². The van der Waals surface area contributed by atoms with Gasteiger partial charge in [0.1, 0.15) is 11.4 Å². The molecule has 0 saturated carbocycles. The number of methoxy groups -OCH3 is 1. The van der Waals surface area contributed by atoms with Crippen molar-refractivity contribution in [3.05, 3.63) is 24.3 Å². The van der Waals surface area contributed by atoms with Gasteiger partial charge in [-0.05, 0) is 51.5 Å². The number of amides is 1. The molecule has 2 heterocycles. The third-order valence-corrected chi connectivity index (χ3v) is 5.42. The van der Waals surface area contributed by atoms with Crippen molar-refractivity contribution in [3.63, 3.8) is 0 Å². The number of likely N-dealkylation sites (tertiary alicyclic amines) is 1. The number of hydrogen-bond acceptors (Lipinski definition) is 6. The number of hydrogen-bond donors (Lipinski definition) is 1. The second-order valence-electron chi connectivity index (χ2n) is 8.57. The predicted octanol–water partition coefficient (Wildman–Crippen LogP) is 2.19. The standard InChI is InChI=1S/C21H33N3O4/c1-21(2,3)28-20(26)24-10-9-18(19(25)15-24)23-13-11-22(12-14-23)16-5-7-17(27-4)8-6-16/h5-8,18-19,25H,9-15H2,1-4H3/t18-,19-/m1/s1. The minimum Gasteiger partial charge on any atom is -0.497 e. The molecular formula is C21H33N3O4. The molecule has 1 aromatic carbocycles. The van der Waals surface area contributed by atoms with Crippen LogP contribution in [0.15, 0.2) is 24.3 Å². The first kappa shape index (κ1) is 20.7. The lowest BCUT2D eigenvalue weighted by atomic mass is 9.99. The van der Waals surface area contributed by atoms with Crippen molar-refractivity contribution in [2.24, 2.45) is 0 Å². The lowest BCUT2D eigenvalue weighted by Crippen LogP contribution is -2.59. The molecule has 2 atom stereocenters. The number of β-amino-alcohol motifs (C(OH)–C–C–N with tert-alkyl or cyclic N) is 1. The molecule has 1 N–H and O–H groups in total. The van der Waals surface area contributed by atoms with Crippen LogP contribution >= 0.6 is 0 Å². The Balaban J connectivity index is 1.50. The number of ether oxygens (including phenoxy) is 2. The number of piperidine rings is 1. The van der Waals surface area contributed by atoms with E-state index in [-0.39, 0.29) is 12.1 Å². The van der Waals surface area contributed by atoms with E-state index in [1.165, 1.54) is 5.69 Å². The van der Waals surface area contributed by atoms with E-state index < -0.39 is 11.7 Å². The van der Waals surface area contributed by atoms with Crippen molar-refractivity contribution in [1.29, 1.82) is 0 Å². The highest BCUT2D eigenvalue weighted by molar-refractivity contribution is 5.68. The molecular weight excluding hydrogens is 358 g/mol. The lowest BCUT2D eigenvalue weighted by Gasteiger charge is -2.45. The summed E-state index contributed by atoms with van der Waals surface area (Å²) in [6.07, 6.45) is -0.119. The summed E-state index contributed by atoms with van der Waals surface area (Å²) in [6, 6.07) is 8.23. The van der Waals surface area contributed by atoms with E-state index in [0.717, 1.165) is 38.3 Å². The molecule has 1 amide bonds. The van der Waals surface area contributed by atoms with Crippen molar-refractivity contribution in [2.75, 3.05) is 51.3 Å². The van der Waals surface area contributed by atoms with Crippen LogP contribution in [0.1, 0.15) is 27.2 Å². The Hall–Kier alpha value is -1.99. The van der Waals surface area contributed by atoms with E-state index in [1.807, 2.05) is 32.9 Å². The zero-order chi connectivity index (χ0) is 20.3. The number of rotatable bonds is 3. The van der Waals surface area contributed by atoms with E-state index in [1.54, 1.807) is 12.0 Å². The summed E-state index contributed by atoms with van der Waals surface area (Å²) in [5.74, 6) is 0.863. The van der Waals surface area contributed by atoms with Gasteiger partial charge in [0.05, 0.1) is 19.8 Å². The molecule has 0 aromatic heterocycles. The van der Waals surface area contributed by atoms with Gasteiger partial charge >= 0.3 is 6.09 Å². The summed E-state index contributed by atoms with van der Waals surface area (Å²) in [5, 5.41) is 10.7. The molecule has 7 heteroatoms. The van der Waals surface area contributed by atoms with E-state index in [0.29, 0.717) is 13.1 Å². The SMILES string of the molecule is COc1ccc(N2CCN([C@@H]3CCN(C(=O)OC(C)(C)C)C[C@H]3O)CC2)cc1. The Labute approximate surface area is 167 Å². The van der Waals surface area contributed by atoms with Crippen LogP contribution < -0.4 is 9.64 Å². The van der Waals surface area contributed by atoms with Crippen molar-refractivity contribution >= 4 is 11.8 Å². The maximum atomic E-state index is 12.3. The zero-order valence-corrected chi connectivity index (χ0v) is 17.4. The van der Waals surface area contributed by atoms with E-state index in [9.17, 15) is 9.90 Å². The number of carbonyl (C=O) groups is 1. The van der Waals surface area contributed by atoms with Crippen molar-refractivity contribution in [2.45, 2.75) is 44.9 Å². The Morgan fingerprint density at radius 1 is 1.07 bits per heavy atom. The summed E-state index contributed by atoms with van der Waals surface area (Å²) in [4.78, 5) is 18.6. The minimum atomic E-state index is -0.547. The molecule has 3 rings (SSSR count). The maximum absolute atomic E-state index is 12.3. The number of carbonyl (C=O) groups excluding carboxylic acids is 1. The molecule has 2 aliphatic rings. The fourth-order valence-corrected chi connectivity index (χ4v) is 3.94. The third kappa shape index (κ3) is 5.08. The predicted molar refractivity (Wildman–Crippen MR) is 109 cm³/mol. The molecule has 0 spiro atoms. The minimum absolute atomic E-state index is 0.0942. The normalized spacial score (nSPS) is 24.2. The molecule has 0 unspecified atom stereocenters. The second kappa shape index (κ2) is 8.57. The number of anilines is 1. The highest BCUT2D eigenvalue weighted by Crippen LogP contribution is 2.24. The van der Waals surface area contributed by atoms with Crippen molar-refractivity contribution < 1.29 is 19.4 Å². The molecule has 2 aliphatic heterocycles. The van der Waals surface area contributed by atoms with Gasteiger partial charge < -0.3 is 24.4 Å². The van der Waals surface area contributed by atoms with Gasteiger partial charge in [-0.25, -0.2) is 4.79 Å². The first-order valence-electron chi connectivity index (χ1n) is 10.1. The van der Waals surface area contributed by atoms with E-state index >= 15 is 0 Å². The third-order valence-electron chi connectivity index (χ3n) is 5.42. The molecule has 156 valence electrons. The Kier molecular flexibility index (Phi) is 6.35. The van der Waals surface area contributed by atoms with Crippen LogP contribution in [-0.2, 0) is 4.74 Å². The number of aliphatic hydroxyl groups excluding tert-OH is 1. The smallest absolute Gasteiger partial charge is 0.410 e. The molecule has 1 aromatic rings. The second-order valence-corrected chi connectivity index (χ2v) is 8.57. The molecule has 7 nitrogen and oxygen atoms in total. The summed E-state index contributed by atoms with van der Waals surface area (Å²) in [7, 11) is 1.67. The van der Waals surface area contributed by atoms with Crippen LogP contribution in [0, 0.1) is 0 Å². The lowest BCUT2D eigenvalue weighted by molar-refractivity contribution is -0.0303. The summed E-state index contributed by atoms with van der Waals surface area (Å²) >= 11 is 0. The fourth-order valence-electron chi connectivity index (χ4n) is 3.94. The van der Waals surface area contributed by atoms with Crippen LogP contribution in [0.4, 0.5) is 10.5 Å². The molecule has 2 saturated heterocycles. The average Bonchev–Trinajstić information content (AvgIpc) is 2.67. The van der Waals surface area contributed by atoms with Gasteiger partial charge in [-0.2, -0.15) is 0 Å². The van der Waals surface area contributed by atoms with E-state index in [2.05, 4.69) is 21.9 Å². The topological polar surface area (TPSA) is 65.5 Å². The summed E-state index contributed by atoms with van der Waals surface area (Å²) in [6.45, 7) is 10.2. The molecule has 0 aliphatic carbocycles. The monoisotopic (exact) mass is 391 g/mol. The van der Waals surface area contributed by atoms with Crippen LogP contribution in [0.25, 0.3) is 0 Å². The molecule has 0 radical (unpaired) electrons. The van der Waals surface area contributed by atoms with Crippen LogP contribution in [0.2, 0.25) is 0 Å². The summed E-state index contributed by atoms with van der Waals surface area (Å²) < 4.78 is 10.7. The van der Waals surface area contributed by atoms with Gasteiger partial charge in [0.15, 0.2) is 0 Å². The number of benzene rings is 1. The first-order valence-corrected chi connectivity index (χ1v) is 10.1. The van der Waals surface area contributed by atoms with Gasteiger partial charge in [0.25, 0.3) is 0 Å². The maximum Gasteiger partial charge on any atom is 0.410 e. The van der Waals surface area contributed by atoms with Gasteiger partial charge in [-0.3, -0.25) is 4.90 Å². The Morgan fingerprint density at radius 3 is 2.25 bits per heavy atom. The number of piperazine rings is 1. The number of aliphatic hydroxyl groups is 1.